The van der Waals surface area contributed by atoms with Gasteiger partial charge in [0.05, 0.1) is 0 Å². The first-order valence-electron chi connectivity index (χ1n) is 6.59. The number of rotatable bonds is 2. The summed E-state index contributed by atoms with van der Waals surface area (Å²) in [5.41, 5.74) is 5.42. The molecular formula is C16H18N2. The third-order valence-corrected chi connectivity index (χ3v) is 3.80. The summed E-state index contributed by atoms with van der Waals surface area (Å²) in [5.74, 6) is 0. The standard InChI is InChI=1S/C16H18N2/c1-17-16-6-2-4-12-7-8-13(10-15(12)16)14-5-3-9-18-11-14/h3,5,7-11,16-17H,2,4,6H2,1H3. The molecule has 0 spiro atoms. The Balaban J connectivity index is 2.04. The number of aromatic nitrogens is 1. The number of nitrogens with one attached hydrogen (secondary N) is 1. The van der Waals surface area contributed by atoms with Crippen molar-refractivity contribution < 1.29 is 0 Å². The molecule has 0 amide bonds. The molecule has 0 fully saturated rings. The van der Waals surface area contributed by atoms with E-state index in [2.05, 4.69) is 41.6 Å². The first-order valence-corrected chi connectivity index (χ1v) is 6.59. The zero-order valence-corrected chi connectivity index (χ0v) is 10.7. The normalized spacial score (nSPS) is 18.4. The molecule has 18 heavy (non-hydrogen) atoms. The first-order chi connectivity index (χ1) is 8.88. The summed E-state index contributed by atoms with van der Waals surface area (Å²) in [5, 5.41) is 3.42. The van der Waals surface area contributed by atoms with Crippen LogP contribution in [0.1, 0.15) is 30.0 Å². The Kier molecular flexibility index (Phi) is 3.11. The van der Waals surface area contributed by atoms with Crippen molar-refractivity contribution >= 4 is 0 Å². The second-order valence-electron chi connectivity index (χ2n) is 4.89. The van der Waals surface area contributed by atoms with Crippen LogP contribution < -0.4 is 5.32 Å². The zero-order chi connectivity index (χ0) is 12.4. The maximum absolute atomic E-state index is 4.20. The topological polar surface area (TPSA) is 24.9 Å². The van der Waals surface area contributed by atoms with Crippen molar-refractivity contribution in [3.63, 3.8) is 0 Å². The van der Waals surface area contributed by atoms with E-state index in [9.17, 15) is 0 Å². The highest BCUT2D eigenvalue weighted by Gasteiger charge is 2.18. The number of pyridine rings is 1. The van der Waals surface area contributed by atoms with Crippen LogP contribution in [0.25, 0.3) is 11.1 Å². The van der Waals surface area contributed by atoms with Gasteiger partial charge in [0.15, 0.2) is 0 Å². The third kappa shape index (κ3) is 2.04. The van der Waals surface area contributed by atoms with Crippen LogP contribution in [0.2, 0.25) is 0 Å². The third-order valence-electron chi connectivity index (χ3n) is 3.80. The minimum absolute atomic E-state index is 0.505. The quantitative estimate of drug-likeness (QED) is 0.868. The predicted molar refractivity (Wildman–Crippen MR) is 74.4 cm³/mol. The molecule has 0 radical (unpaired) electrons. The van der Waals surface area contributed by atoms with Crippen LogP contribution >= 0.6 is 0 Å². The smallest absolute Gasteiger partial charge is 0.0346 e. The molecule has 92 valence electrons. The van der Waals surface area contributed by atoms with Crippen molar-refractivity contribution in [2.75, 3.05) is 7.05 Å². The van der Waals surface area contributed by atoms with Gasteiger partial charge in [-0.1, -0.05) is 18.2 Å². The number of fused-ring (bicyclic) bond motifs is 1. The van der Waals surface area contributed by atoms with E-state index in [1.165, 1.54) is 41.5 Å². The van der Waals surface area contributed by atoms with Crippen LogP contribution in [-0.2, 0) is 6.42 Å². The molecule has 2 aromatic rings. The molecule has 1 heterocycles. The fourth-order valence-electron chi connectivity index (χ4n) is 2.81. The van der Waals surface area contributed by atoms with E-state index in [-0.39, 0.29) is 0 Å². The summed E-state index contributed by atoms with van der Waals surface area (Å²) in [7, 11) is 2.05. The fraction of sp³-hybridized carbons (Fsp3) is 0.312. The Morgan fingerprint density at radius 3 is 2.94 bits per heavy atom. The lowest BCUT2D eigenvalue weighted by Gasteiger charge is -2.25. The van der Waals surface area contributed by atoms with Gasteiger partial charge >= 0.3 is 0 Å². The molecule has 0 bridgehead atoms. The first kappa shape index (κ1) is 11.4. The van der Waals surface area contributed by atoms with Gasteiger partial charge in [-0.25, -0.2) is 0 Å². The van der Waals surface area contributed by atoms with Crippen LogP contribution in [0.5, 0.6) is 0 Å². The summed E-state index contributed by atoms with van der Waals surface area (Å²) >= 11 is 0. The molecule has 1 aromatic heterocycles. The van der Waals surface area contributed by atoms with Crippen molar-refractivity contribution in [2.45, 2.75) is 25.3 Å². The van der Waals surface area contributed by atoms with Crippen molar-refractivity contribution in [3.05, 3.63) is 53.9 Å². The minimum atomic E-state index is 0.505. The van der Waals surface area contributed by atoms with Gasteiger partial charge in [-0.3, -0.25) is 4.98 Å². The zero-order valence-electron chi connectivity index (χ0n) is 10.7. The van der Waals surface area contributed by atoms with Crippen LogP contribution in [0.15, 0.2) is 42.7 Å². The van der Waals surface area contributed by atoms with E-state index in [0.29, 0.717) is 6.04 Å². The van der Waals surface area contributed by atoms with Crippen LogP contribution in [-0.4, -0.2) is 12.0 Å². The van der Waals surface area contributed by atoms with E-state index in [1.54, 1.807) is 0 Å². The molecule has 1 N–H and O–H groups in total. The van der Waals surface area contributed by atoms with Gasteiger partial charge in [-0.05, 0) is 60.7 Å². The monoisotopic (exact) mass is 238 g/mol. The van der Waals surface area contributed by atoms with E-state index in [4.69, 9.17) is 0 Å². The number of aryl methyl sites for hydroxylation is 1. The van der Waals surface area contributed by atoms with E-state index < -0.39 is 0 Å². The highest BCUT2D eigenvalue weighted by atomic mass is 14.9. The molecule has 1 aliphatic carbocycles. The predicted octanol–water partition coefficient (Wildman–Crippen LogP) is 3.35. The number of hydrogen-bond acceptors (Lipinski definition) is 2. The lowest BCUT2D eigenvalue weighted by atomic mass is 9.86. The van der Waals surface area contributed by atoms with Crippen LogP contribution in [0.4, 0.5) is 0 Å². The molecule has 2 heteroatoms. The van der Waals surface area contributed by atoms with E-state index in [1.807, 2.05) is 18.5 Å². The maximum atomic E-state index is 4.20. The summed E-state index contributed by atoms with van der Waals surface area (Å²) in [6.07, 6.45) is 7.48. The van der Waals surface area contributed by atoms with Crippen molar-refractivity contribution in [1.82, 2.24) is 10.3 Å². The summed E-state index contributed by atoms with van der Waals surface area (Å²) in [6, 6.07) is 11.4. The molecule has 1 atom stereocenters. The highest BCUT2D eigenvalue weighted by molar-refractivity contribution is 5.64. The van der Waals surface area contributed by atoms with Crippen molar-refractivity contribution in [1.29, 1.82) is 0 Å². The second-order valence-corrected chi connectivity index (χ2v) is 4.89. The summed E-state index contributed by atoms with van der Waals surface area (Å²) < 4.78 is 0. The van der Waals surface area contributed by atoms with Crippen LogP contribution in [0.3, 0.4) is 0 Å². The van der Waals surface area contributed by atoms with Gasteiger partial charge in [-0.15, -0.1) is 0 Å². The number of hydrogen-bond donors (Lipinski definition) is 1. The Hall–Kier alpha value is -1.67. The molecule has 2 nitrogen and oxygen atoms in total. The molecule has 1 aromatic carbocycles. The Labute approximate surface area is 108 Å². The molecule has 1 aliphatic rings. The molecule has 0 saturated carbocycles. The van der Waals surface area contributed by atoms with E-state index in [0.717, 1.165) is 0 Å². The minimum Gasteiger partial charge on any atom is -0.313 e. The van der Waals surface area contributed by atoms with Crippen molar-refractivity contribution in [2.24, 2.45) is 0 Å². The SMILES string of the molecule is CNC1CCCc2ccc(-c3cccnc3)cc21. The number of benzene rings is 1. The average molecular weight is 238 g/mol. The summed E-state index contributed by atoms with van der Waals surface area (Å²) in [6.45, 7) is 0. The Bertz CT molecular complexity index is 534. The molecule has 0 saturated heterocycles. The second kappa shape index (κ2) is 4.91. The Morgan fingerprint density at radius 1 is 1.22 bits per heavy atom. The van der Waals surface area contributed by atoms with Crippen LogP contribution in [0, 0.1) is 0 Å². The lowest BCUT2D eigenvalue weighted by Crippen LogP contribution is -2.21. The molecule has 3 rings (SSSR count). The average Bonchev–Trinajstić information content (AvgIpc) is 2.47. The van der Waals surface area contributed by atoms with Gasteiger partial charge in [0.1, 0.15) is 0 Å². The van der Waals surface area contributed by atoms with Gasteiger partial charge in [-0.2, -0.15) is 0 Å². The maximum Gasteiger partial charge on any atom is 0.0346 e. The lowest BCUT2D eigenvalue weighted by molar-refractivity contribution is 0.497. The fourth-order valence-corrected chi connectivity index (χ4v) is 2.81. The molecule has 1 unspecified atom stereocenters. The van der Waals surface area contributed by atoms with Gasteiger partial charge in [0.2, 0.25) is 0 Å². The Morgan fingerprint density at radius 2 is 2.17 bits per heavy atom. The molecule has 0 aliphatic heterocycles. The highest BCUT2D eigenvalue weighted by Crippen LogP contribution is 2.32. The van der Waals surface area contributed by atoms with Gasteiger partial charge in [0, 0.05) is 18.4 Å². The largest absolute Gasteiger partial charge is 0.313 e. The van der Waals surface area contributed by atoms with Crippen molar-refractivity contribution in [3.8, 4) is 11.1 Å². The van der Waals surface area contributed by atoms with Gasteiger partial charge < -0.3 is 5.32 Å². The van der Waals surface area contributed by atoms with Gasteiger partial charge in [0.25, 0.3) is 0 Å². The van der Waals surface area contributed by atoms with E-state index >= 15 is 0 Å². The summed E-state index contributed by atoms with van der Waals surface area (Å²) in [4.78, 5) is 4.20. The number of nitrogens with zero attached hydrogens (tertiary/aromatic N) is 1. The molecular weight excluding hydrogens is 220 g/mol.